The number of methoxy groups -OCH3 is 1. The van der Waals surface area contributed by atoms with Gasteiger partial charge in [0.05, 0.1) is 24.3 Å². The van der Waals surface area contributed by atoms with Crippen molar-refractivity contribution in [3.05, 3.63) is 94.3 Å². The van der Waals surface area contributed by atoms with Gasteiger partial charge in [0.15, 0.2) is 0 Å². The van der Waals surface area contributed by atoms with Crippen molar-refractivity contribution in [2.45, 2.75) is 6.04 Å². The number of halogens is 2. The second kappa shape index (κ2) is 8.36. The Kier molecular flexibility index (Phi) is 5.59. The first-order valence-corrected chi connectivity index (χ1v) is 9.89. The topological polar surface area (TPSA) is 87.1 Å². The number of carbonyl (C=O) groups is 2. The Labute approximate surface area is 187 Å². The van der Waals surface area contributed by atoms with Crippen molar-refractivity contribution in [1.29, 1.82) is 0 Å². The quantitative estimate of drug-likeness (QED) is 0.336. The molecule has 1 unspecified atom stereocenters. The fraction of sp³-hybridized carbons (Fsp3) is 0.0833. The third-order valence-corrected chi connectivity index (χ3v) is 5.41. The molecule has 162 valence electrons. The van der Waals surface area contributed by atoms with Gasteiger partial charge in [0.25, 0.3) is 11.7 Å². The molecule has 3 aromatic rings. The van der Waals surface area contributed by atoms with E-state index < -0.39 is 29.3 Å². The first kappa shape index (κ1) is 21.4. The van der Waals surface area contributed by atoms with Gasteiger partial charge in [-0.2, -0.15) is 0 Å². The van der Waals surface area contributed by atoms with E-state index >= 15 is 0 Å². The Hall–Kier alpha value is -3.84. The Morgan fingerprint density at radius 3 is 2.31 bits per heavy atom. The second-order valence-corrected chi connectivity index (χ2v) is 7.52. The van der Waals surface area contributed by atoms with Crippen molar-refractivity contribution >= 4 is 34.7 Å². The fourth-order valence-corrected chi connectivity index (χ4v) is 3.85. The molecule has 0 spiro atoms. The predicted octanol–water partition coefficient (Wildman–Crippen LogP) is 4.82. The van der Waals surface area contributed by atoms with Gasteiger partial charge in [-0.25, -0.2) is 4.39 Å². The summed E-state index contributed by atoms with van der Waals surface area (Å²) in [6, 6.07) is 14.4. The number of nitrogens with zero attached hydrogens (tertiary/aromatic N) is 1. The van der Waals surface area contributed by atoms with Crippen molar-refractivity contribution in [3.8, 4) is 11.5 Å². The number of phenolic OH excluding ortho intramolecular Hbond substituents is 1. The van der Waals surface area contributed by atoms with Crippen LogP contribution >= 0.6 is 11.6 Å². The molecule has 32 heavy (non-hydrogen) atoms. The molecular formula is C24H17ClFNO5. The standard InChI is InChI=1S/C24H17ClFNO5/c1-32-19-11-4-14(25)12-18(19)22(29)20-21(13-2-9-17(28)10-3-13)27(24(31)23(20)30)16-7-5-15(26)6-8-16/h2-12,21,28-29H,1H3/b22-20+. The average Bonchev–Trinajstić information content (AvgIpc) is 3.05. The smallest absolute Gasteiger partial charge is 0.300 e. The number of Topliss-reactive ketones (excluding diaryl/α,β-unsaturated/α-hetero) is 1. The molecule has 1 fully saturated rings. The van der Waals surface area contributed by atoms with Gasteiger partial charge in [-0.05, 0) is 60.2 Å². The van der Waals surface area contributed by atoms with E-state index in [0.29, 0.717) is 10.6 Å². The highest BCUT2D eigenvalue weighted by molar-refractivity contribution is 6.51. The number of rotatable bonds is 4. The normalized spacial score (nSPS) is 17.6. The number of hydrogen-bond acceptors (Lipinski definition) is 5. The molecule has 1 amide bonds. The number of ether oxygens (including phenoxy) is 1. The van der Waals surface area contributed by atoms with E-state index in [2.05, 4.69) is 0 Å². The molecule has 1 aliphatic heterocycles. The number of anilines is 1. The van der Waals surface area contributed by atoms with Crippen LogP contribution in [0, 0.1) is 5.82 Å². The van der Waals surface area contributed by atoms with Crippen LogP contribution in [0.15, 0.2) is 72.3 Å². The summed E-state index contributed by atoms with van der Waals surface area (Å²) in [7, 11) is 1.40. The maximum atomic E-state index is 13.5. The maximum absolute atomic E-state index is 13.5. The number of amides is 1. The van der Waals surface area contributed by atoms with Crippen molar-refractivity contribution in [2.75, 3.05) is 12.0 Å². The molecule has 0 saturated carbocycles. The van der Waals surface area contributed by atoms with Crippen LogP contribution < -0.4 is 9.64 Å². The largest absolute Gasteiger partial charge is 0.508 e. The summed E-state index contributed by atoms with van der Waals surface area (Å²) < 4.78 is 18.8. The molecule has 3 aromatic carbocycles. The van der Waals surface area contributed by atoms with Crippen LogP contribution in [-0.4, -0.2) is 29.0 Å². The molecule has 0 bridgehead atoms. The zero-order valence-electron chi connectivity index (χ0n) is 16.8. The predicted molar refractivity (Wildman–Crippen MR) is 117 cm³/mol. The summed E-state index contributed by atoms with van der Waals surface area (Å²) in [5.41, 5.74) is 0.670. The molecule has 0 radical (unpaired) electrons. The van der Waals surface area contributed by atoms with Crippen molar-refractivity contribution in [1.82, 2.24) is 0 Å². The molecule has 0 aliphatic carbocycles. The van der Waals surface area contributed by atoms with E-state index in [9.17, 15) is 24.2 Å². The average molecular weight is 454 g/mol. The second-order valence-electron chi connectivity index (χ2n) is 7.08. The van der Waals surface area contributed by atoms with E-state index in [4.69, 9.17) is 16.3 Å². The lowest BCUT2D eigenvalue weighted by Crippen LogP contribution is -2.29. The Balaban J connectivity index is 1.98. The SMILES string of the molecule is COc1ccc(Cl)cc1/C(O)=C1\C(=O)C(=O)N(c2ccc(F)cc2)C1c1ccc(O)cc1. The van der Waals surface area contributed by atoms with Crippen LogP contribution in [0.1, 0.15) is 17.2 Å². The number of hydrogen-bond donors (Lipinski definition) is 2. The minimum atomic E-state index is -1.04. The van der Waals surface area contributed by atoms with Crippen LogP contribution in [-0.2, 0) is 9.59 Å². The third kappa shape index (κ3) is 3.67. The van der Waals surface area contributed by atoms with E-state index in [-0.39, 0.29) is 28.3 Å². The van der Waals surface area contributed by atoms with Crippen LogP contribution in [0.4, 0.5) is 10.1 Å². The van der Waals surface area contributed by atoms with Gasteiger partial charge in [-0.15, -0.1) is 0 Å². The van der Waals surface area contributed by atoms with Gasteiger partial charge in [0.1, 0.15) is 23.1 Å². The third-order valence-electron chi connectivity index (χ3n) is 5.17. The Morgan fingerprint density at radius 1 is 1.03 bits per heavy atom. The molecule has 4 rings (SSSR count). The van der Waals surface area contributed by atoms with Crippen LogP contribution in [0.5, 0.6) is 11.5 Å². The fourth-order valence-electron chi connectivity index (χ4n) is 3.68. The number of aromatic hydroxyl groups is 1. The zero-order valence-corrected chi connectivity index (χ0v) is 17.5. The van der Waals surface area contributed by atoms with Crippen molar-refractivity contribution < 1.29 is 28.9 Å². The summed E-state index contributed by atoms with van der Waals surface area (Å²) in [6.07, 6.45) is 0. The lowest BCUT2D eigenvalue weighted by atomic mass is 9.94. The highest BCUT2D eigenvalue weighted by Gasteiger charge is 2.47. The molecule has 0 aromatic heterocycles. The number of aliphatic hydroxyl groups excluding tert-OH is 1. The Bertz CT molecular complexity index is 1240. The van der Waals surface area contributed by atoms with Gasteiger partial charge >= 0.3 is 0 Å². The van der Waals surface area contributed by atoms with Gasteiger partial charge in [0, 0.05) is 10.7 Å². The molecule has 1 atom stereocenters. The number of aliphatic hydroxyl groups is 1. The molecule has 1 aliphatic rings. The lowest BCUT2D eigenvalue weighted by molar-refractivity contribution is -0.132. The number of benzene rings is 3. The van der Waals surface area contributed by atoms with Crippen LogP contribution in [0.3, 0.4) is 0 Å². The van der Waals surface area contributed by atoms with E-state index in [1.807, 2.05) is 0 Å². The molecule has 1 heterocycles. The summed E-state index contributed by atoms with van der Waals surface area (Å²) >= 11 is 6.08. The minimum absolute atomic E-state index is 0.0102. The van der Waals surface area contributed by atoms with Gasteiger partial charge in [-0.1, -0.05) is 23.7 Å². The number of ketones is 1. The first-order chi connectivity index (χ1) is 15.3. The number of phenols is 1. The van der Waals surface area contributed by atoms with E-state index in [1.165, 1.54) is 72.7 Å². The zero-order chi connectivity index (χ0) is 23.0. The monoisotopic (exact) mass is 453 g/mol. The molecule has 1 saturated heterocycles. The highest BCUT2D eigenvalue weighted by atomic mass is 35.5. The summed E-state index contributed by atoms with van der Waals surface area (Å²) in [5.74, 6) is -2.54. The summed E-state index contributed by atoms with van der Waals surface area (Å²) in [6.45, 7) is 0. The van der Waals surface area contributed by atoms with Gasteiger partial charge in [0.2, 0.25) is 0 Å². The summed E-state index contributed by atoms with van der Waals surface area (Å²) in [5, 5.41) is 21.2. The maximum Gasteiger partial charge on any atom is 0.300 e. The summed E-state index contributed by atoms with van der Waals surface area (Å²) in [4.78, 5) is 27.3. The lowest BCUT2D eigenvalue weighted by Gasteiger charge is -2.25. The van der Waals surface area contributed by atoms with Gasteiger partial charge in [-0.3, -0.25) is 14.5 Å². The first-order valence-electron chi connectivity index (χ1n) is 9.51. The highest BCUT2D eigenvalue weighted by Crippen LogP contribution is 2.43. The molecule has 8 heteroatoms. The molecular weight excluding hydrogens is 437 g/mol. The number of carbonyl (C=O) groups excluding carboxylic acids is 2. The van der Waals surface area contributed by atoms with Crippen molar-refractivity contribution in [2.24, 2.45) is 0 Å². The molecule has 6 nitrogen and oxygen atoms in total. The van der Waals surface area contributed by atoms with E-state index in [1.54, 1.807) is 6.07 Å². The minimum Gasteiger partial charge on any atom is -0.508 e. The van der Waals surface area contributed by atoms with Crippen LogP contribution in [0.2, 0.25) is 5.02 Å². The van der Waals surface area contributed by atoms with Gasteiger partial charge < -0.3 is 14.9 Å². The van der Waals surface area contributed by atoms with Crippen LogP contribution in [0.25, 0.3) is 5.76 Å². The molecule has 2 N–H and O–H groups in total. The van der Waals surface area contributed by atoms with Crippen molar-refractivity contribution in [3.63, 3.8) is 0 Å². The Morgan fingerprint density at radius 2 is 1.69 bits per heavy atom. The van der Waals surface area contributed by atoms with E-state index in [0.717, 1.165) is 0 Å².